The third kappa shape index (κ3) is 3.70. The van der Waals surface area contributed by atoms with Crippen molar-refractivity contribution in [1.82, 2.24) is 5.32 Å². The van der Waals surface area contributed by atoms with Gasteiger partial charge in [0.1, 0.15) is 0 Å². The van der Waals surface area contributed by atoms with Gasteiger partial charge in [-0.05, 0) is 30.5 Å². The zero-order chi connectivity index (χ0) is 13.9. The molecule has 106 valence electrons. The van der Waals surface area contributed by atoms with Crippen LogP contribution in [0.15, 0.2) is 24.3 Å². The Labute approximate surface area is 111 Å². The largest absolute Gasteiger partial charge is 0.416 e. The van der Waals surface area contributed by atoms with E-state index in [1.165, 1.54) is 31.4 Å². The summed E-state index contributed by atoms with van der Waals surface area (Å²) in [6.45, 7) is 1.16. The minimum absolute atomic E-state index is 0.0721. The van der Waals surface area contributed by atoms with Crippen LogP contribution in [0.4, 0.5) is 13.2 Å². The Morgan fingerprint density at radius 2 is 1.84 bits per heavy atom. The van der Waals surface area contributed by atoms with Crippen molar-refractivity contribution in [3.05, 3.63) is 35.4 Å². The summed E-state index contributed by atoms with van der Waals surface area (Å²) in [6.07, 6.45) is -0.652. The first-order valence-corrected chi connectivity index (χ1v) is 6.61. The molecule has 1 saturated carbocycles. The lowest BCUT2D eigenvalue weighted by molar-refractivity contribution is -0.137. The molecule has 1 aliphatic carbocycles. The number of nitrogens with two attached hydrogens (primary N) is 1. The second kappa shape index (κ2) is 5.92. The molecule has 1 aliphatic rings. The molecule has 2 nitrogen and oxygen atoms in total. The molecule has 2 rings (SSSR count). The standard InChI is InChI=1S/C14H19F3N2/c15-14(16,17)12-6-4-10(5-7-12)11(8-18)9-19-13-2-1-3-13/h4-7,11,13,19H,1-3,8-9,18H2. The maximum Gasteiger partial charge on any atom is 0.416 e. The summed E-state index contributed by atoms with van der Waals surface area (Å²) in [5.41, 5.74) is 5.96. The molecule has 5 heteroatoms. The average Bonchev–Trinajstić information content (AvgIpc) is 2.31. The van der Waals surface area contributed by atoms with E-state index in [2.05, 4.69) is 5.32 Å². The Hall–Kier alpha value is -1.07. The van der Waals surface area contributed by atoms with E-state index in [4.69, 9.17) is 5.73 Å². The lowest BCUT2D eigenvalue weighted by Crippen LogP contribution is -2.39. The van der Waals surface area contributed by atoms with Crippen LogP contribution in [-0.4, -0.2) is 19.1 Å². The zero-order valence-electron chi connectivity index (χ0n) is 10.7. The fourth-order valence-corrected chi connectivity index (χ4v) is 2.20. The number of nitrogens with one attached hydrogen (secondary N) is 1. The maximum absolute atomic E-state index is 12.5. The van der Waals surface area contributed by atoms with Gasteiger partial charge in [-0.1, -0.05) is 18.6 Å². The highest BCUT2D eigenvalue weighted by Crippen LogP contribution is 2.30. The summed E-state index contributed by atoms with van der Waals surface area (Å²) in [5, 5.41) is 3.41. The quantitative estimate of drug-likeness (QED) is 0.865. The molecular formula is C14H19F3N2. The first-order chi connectivity index (χ1) is 9.00. The van der Waals surface area contributed by atoms with E-state index in [1.807, 2.05) is 0 Å². The van der Waals surface area contributed by atoms with E-state index < -0.39 is 11.7 Å². The monoisotopic (exact) mass is 272 g/mol. The smallest absolute Gasteiger partial charge is 0.330 e. The molecule has 3 N–H and O–H groups in total. The van der Waals surface area contributed by atoms with Crippen LogP contribution >= 0.6 is 0 Å². The maximum atomic E-state index is 12.5. The number of hydrogen-bond donors (Lipinski definition) is 2. The fraction of sp³-hybridized carbons (Fsp3) is 0.571. The number of halogens is 3. The molecule has 1 atom stereocenters. The van der Waals surface area contributed by atoms with Crippen molar-refractivity contribution in [2.45, 2.75) is 37.4 Å². The second-order valence-corrected chi connectivity index (χ2v) is 5.09. The van der Waals surface area contributed by atoms with Crippen LogP contribution in [0.3, 0.4) is 0 Å². The highest BCUT2D eigenvalue weighted by atomic mass is 19.4. The molecule has 0 saturated heterocycles. The topological polar surface area (TPSA) is 38.0 Å². The third-order valence-electron chi connectivity index (χ3n) is 3.75. The summed E-state index contributed by atoms with van der Waals surface area (Å²) < 4.78 is 37.4. The van der Waals surface area contributed by atoms with E-state index in [9.17, 15) is 13.2 Å². The molecular weight excluding hydrogens is 253 g/mol. The van der Waals surface area contributed by atoms with Crippen LogP contribution in [0, 0.1) is 0 Å². The van der Waals surface area contributed by atoms with Crippen molar-refractivity contribution in [2.24, 2.45) is 5.73 Å². The van der Waals surface area contributed by atoms with Gasteiger partial charge in [0.2, 0.25) is 0 Å². The molecule has 1 aromatic rings. The van der Waals surface area contributed by atoms with Crippen LogP contribution in [0.2, 0.25) is 0 Å². The summed E-state index contributed by atoms with van der Waals surface area (Å²) in [6, 6.07) is 5.87. The number of benzene rings is 1. The Balaban J connectivity index is 1.97. The zero-order valence-corrected chi connectivity index (χ0v) is 10.7. The Kier molecular flexibility index (Phi) is 4.47. The normalized spacial score (nSPS) is 18.1. The molecule has 1 aromatic carbocycles. The van der Waals surface area contributed by atoms with Gasteiger partial charge < -0.3 is 11.1 Å². The van der Waals surface area contributed by atoms with E-state index in [-0.39, 0.29) is 5.92 Å². The molecule has 0 aliphatic heterocycles. The third-order valence-corrected chi connectivity index (χ3v) is 3.75. The van der Waals surface area contributed by atoms with E-state index >= 15 is 0 Å². The van der Waals surface area contributed by atoms with Crippen LogP contribution in [0.5, 0.6) is 0 Å². The SMILES string of the molecule is NCC(CNC1CCC1)c1ccc(C(F)(F)F)cc1. The molecule has 0 aromatic heterocycles. The highest BCUT2D eigenvalue weighted by molar-refractivity contribution is 5.27. The fourth-order valence-electron chi connectivity index (χ4n) is 2.20. The van der Waals surface area contributed by atoms with Crippen molar-refractivity contribution in [3.63, 3.8) is 0 Å². The minimum atomic E-state index is -4.28. The van der Waals surface area contributed by atoms with Gasteiger partial charge in [-0.3, -0.25) is 0 Å². The molecule has 19 heavy (non-hydrogen) atoms. The van der Waals surface area contributed by atoms with Crippen LogP contribution < -0.4 is 11.1 Å². The van der Waals surface area contributed by atoms with E-state index in [0.29, 0.717) is 12.6 Å². The molecule has 1 unspecified atom stereocenters. The lowest BCUT2D eigenvalue weighted by atomic mass is 9.91. The van der Waals surface area contributed by atoms with Gasteiger partial charge in [0.25, 0.3) is 0 Å². The Bertz CT molecular complexity index is 396. The summed E-state index contributed by atoms with van der Waals surface area (Å²) in [4.78, 5) is 0. The average molecular weight is 272 g/mol. The molecule has 0 spiro atoms. The van der Waals surface area contributed by atoms with Gasteiger partial charge in [0.15, 0.2) is 0 Å². The van der Waals surface area contributed by atoms with Crippen molar-refractivity contribution >= 4 is 0 Å². The van der Waals surface area contributed by atoms with Crippen LogP contribution in [0.1, 0.15) is 36.3 Å². The van der Waals surface area contributed by atoms with Crippen molar-refractivity contribution in [1.29, 1.82) is 0 Å². The van der Waals surface area contributed by atoms with Gasteiger partial charge >= 0.3 is 6.18 Å². The highest BCUT2D eigenvalue weighted by Gasteiger charge is 2.30. The molecule has 0 heterocycles. The molecule has 1 fully saturated rings. The predicted molar refractivity (Wildman–Crippen MR) is 68.9 cm³/mol. The molecule has 0 radical (unpaired) electrons. The lowest BCUT2D eigenvalue weighted by Gasteiger charge is -2.28. The Morgan fingerprint density at radius 3 is 2.26 bits per heavy atom. The van der Waals surface area contributed by atoms with Gasteiger partial charge in [0.05, 0.1) is 5.56 Å². The van der Waals surface area contributed by atoms with Crippen LogP contribution in [-0.2, 0) is 6.18 Å². The van der Waals surface area contributed by atoms with Crippen molar-refractivity contribution < 1.29 is 13.2 Å². The molecule has 0 amide bonds. The number of alkyl halides is 3. The van der Waals surface area contributed by atoms with Crippen molar-refractivity contribution in [3.8, 4) is 0 Å². The number of hydrogen-bond acceptors (Lipinski definition) is 2. The Morgan fingerprint density at radius 1 is 1.21 bits per heavy atom. The summed E-state index contributed by atoms with van der Waals surface area (Å²) in [5.74, 6) is 0.0721. The van der Waals surface area contributed by atoms with Gasteiger partial charge in [-0.25, -0.2) is 0 Å². The first-order valence-electron chi connectivity index (χ1n) is 6.61. The number of rotatable bonds is 5. The molecule has 0 bridgehead atoms. The second-order valence-electron chi connectivity index (χ2n) is 5.09. The van der Waals surface area contributed by atoms with Crippen LogP contribution in [0.25, 0.3) is 0 Å². The van der Waals surface area contributed by atoms with Crippen molar-refractivity contribution in [2.75, 3.05) is 13.1 Å². The van der Waals surface area contributed by atoms with Gasteiger partial charge in [0, 0.05) is 25.0 Å². The minimum Gasteiger partial charge on any atom is -0.330 e. The van der Waals surface area contributed by atoms with E-state index in [0.717, 1.165) is 24.2 Å². The predicted octanol–water partition coefficient (Wildman–Crippen LogP) is 2.89. The first kappa shape index (κ1) is 14.3. The summed E-state index contributed by atoms with van der Waals surface area (Å²) in [7, 11) is 0. The summed E-state index contributed by atoms with van der Waals surface area (Å²) >= 11 is 0. The van der Waals surface area contributed by atoms with E-state index in [1.54, 1.807) is 0 Å². The van der Waals surface area contributed by atoms with Gasteiger partial charge in [-0.15, -0.1) is 0 Å². The van der Waals surface area contributed by atoms with Gasteiger partial charge in [-0.2, -0.15) is 13.2 Å².